The molecule has 5 nitrogen and oxygen atoms in total. The maximum absolute atomic E-state index is 11.8. The van der Waals surface area contributed by atoms with Crippen molar-refractivity contribution in [1.29, 1.82) is 0 Å². The zero-order valence-corrected chi connectivity index (χ0v) is 9.66. The average Bonchev–Trinajstić information content (AvgIpc) is 2.81. The molecule has 0 radical (unpaired) electrons. The monoisotopic (exact) mass is 223 g/mol. The van der Waals surface area contributed by atoms with Gasteiger partial charge in [-0.25, -0.2) is 0 Å². The number of nitrogens with one attached hydrogen (secondary N) is 1. The lowest BCUT2D eigenvalue weighted by atomic mass is 10.1. The molecule has 1 saturated heterocycles. The Bertz CT molecular complexity index is 400. The highest BCUT2D eigenvalue weighted by molar-refractivity contribution is 5.95. The number of aryl methyl sites for hydroxylation is 1. The van der Waals surface area contributed by atoms with Gasteiger partial charge in [0.1, 0.15) is 0 Å². The van der Waals surface area contributed by atoms with Gasteiger partial charge in [0.15, 0.2) is 5.82 Å². The molecule has 1 aliphatic heterocycles. The largest absolute Gasteiger partial charge is 0.396 e. The summed E-state index contributed by atoms with van der Waals surface area (Å²) in [7, 11) is 0. The number of aliphatic hydroxyl groups is 1. The van der Waals surface area contributed by atoms with Crippen LogP contribution in [-0.4, -0.2) is 34.4 Å². The molecule has 2 N–H and O–H groups in total. The molecule has 2 heterocycles. The van der Waals surface area contributed by atoms with E-state index < -0.39 is 0 Å². The number of hydrogen-bond donors (Lipinski definition) is 2. The lowest BCUT2D eigenvalue weighted by Crippen LogP contribution is -2.26. The van der Waals surface area contributed by atoms with Crippen LogP contribution in [0.25, 0.3) is 0 Å². The van der Waals surface area contributed by atoms with E-state index >= 15 is 0 Å². The molecule has 16 heavy (non-hydrogen) atoms. The molecule has 1 amide bonds. The summed E-state index contributed by atoms with van der Waals surface area (Å²) in [6.07, 6.45) is 1.30. The number of rotatable bonds is 3. The van der Waals surface area contributed by atoms with Gasteiger partial charge in [0, 0.05) is 36.7 Å². The van der Waals surface area contributed by atoms with Crippen molar-refractivity contribution in [3.63, 3.8) is 0 Å². The minimum absolute atomic E-state index is 0.0497. The molecular weight excluding hydrogens is 206 g/mol. The summed E-state index contributed by atoms with van der Waals surface area (Å²) in [5.41, 5.74) is 2.10. The van der Waals surface area contributed by atoms with Gasteiger partial charge in [0.2, 0.25) is 5.91 Å². The topological polar surface area (TPSA) is 69.2 Å². The fraction of sp³-hybridized carbons (Fsp3) is 0.636. The minimum Gasteiger partial charge on any atom is -0.396 e. The smallest absolute Gasteiger partial charge is 0.228 e. The van der Waals surface area contributed by atoms with Crippen molar-refractivity contribution >= 4 is 11.7 Å². The van der Waals surface area contributed by atoms with Gasteiger partial charge in [-0.3, -0.25) is 14.8 Å². The fourth-order valence-corrected chi connectivity index (χ4v) is 2.14. The predicted octanol–water partition coefficient (Wildman–Crippen LogP) is 0.626. The van der Waals surface area contributed by atoms with Gasteiger partial charge in [-0.2, -0.15) is 5.10 Å². The van der Waals surface area contributed by atoms with Crippen molar-refractivity contribution in [2.75, 3.05) is 18.1 Å². The van der Waals surface area contributed by atoms with Crippen LogP contribution in [0.15, 0.2) is 0 Å². The second-order valence-electron chi connectivity index (χ2n) is 4.26. The van der Waals surface area contributed by atoms with Crippen molar-refractivity contribution in [2.45, 2.75) is 26.7 Å². The summed E-state index contributed by atoms with van der Waals surface area (Å²) in [6.45, 7) is 4.65. The van der Waals surface area contributed by atoms with Gasteiger partial charge >= 0.3 is 0 Å². The van der Waals surface area contributed by atoms with Gasteiger partial charge in [-0.1, -0.05) is 6.92 Å². The first-order valence-corrected chi connectivity index (χ1v) is 5.62. The Morgan fingerprint density at radius 2 is 2.38 bits per heavy atom. The molecule has 0 bridgehead atoms. The lowest BCUT2D eigenvalue weighted by Gasteiger charge is -2.14. The van der Waals surface area contributed by atoms with Crippen molar-refractivity contribution in [1.82, 2.24) is 10.2 Å². The lowest BCUT2D eigenvalue weighted by molar-refractivity contribution is -0.117. The van der Waals surface area contributed by atoms with E-state index in [1.165, 1.54) is 0 Å². The maximum Gasteiger partial charge on any atom is 0.228 e. The van der Waals surface area contributed by atoms with Crippen LogP contribution >= 0.6 is 0 Å². The van der Waals surface area contributed by atoms with E-state index in [2.05, 4.69) is 10.2 Å². The maximum atomic E-state index is 11.8. The van der Waals surface area contributed by atoms with Crippen molar-refractivity contribution in [3.05, 3.63) is 11.3 Å². The summed E-state index contributed by atoms with van der Waals surface area (Å²) < 4.78 is 0. The van der Waals surface area contributed by atoms with Crippen molar-refractivity contribution < 1.29 is 9.90 Å². The normalized spacial score (nSPS) is 20.8. The highest BCUT2D eigenvalue weighted by Crippen LogP contribution is 2.27. The Hall–Kier alpha value is -1.36. The third-order valence-corrected chi connectivity index (χ3v) is 3.16. The van der Waals surface area contributed by atoms with Crippen molar-refractivity contribution in [3.8, 4) is 0 Å². The molecule has 1 aromatic heterocycles. The van der Waals surface area contributed by atoms with E-state index in [4.69, 9.17) is 5.11 Å². The van der Waals surface area contributed by atoms with E-state index in [0.29, 0.717) is 13.0 Å². The van der Waals surface area contributed by atoms with Crippen molar-refractivity contribution in [2.24, 2.45) is 5.92 Å². The molecule has 5 heteroatoms. The van der Waals surface area contributed by atoms with E-state index in [0.717, 1.165) is 23.5 Å². The van der Waals surface area contributed by atoms with Gasteiger partial charge in [-0.15, -0.1) is 0 Å². The third-order valence-electron chi connectivity index (χ3n) is 3.16. The second kappa shape index (κ2) is 4.25. The highest BCUT2D eigenvalue weighted by atomic mass is 16.3. The van der Waals surface area contributed by atoms with E-state index in [9.17, 15) is 4.79 Å². The first-order valence-electron chi connectivity index (χ1n) is 5.62. The van der Waals surface area contributed by atoms with Gasteiger partial charge < -0.3 is 5.11 Å². The van der Waals surface area contributed by atoms with E-state index in [-0.39, 0.29) is 18.4 Å². The summed E-state index contributed by atoms with van der Waals surface area (Å²) >= 11 is 0. The molecular formula is C11H17N3O2. The molecule has 1 fully saturated rings. The number of carbonyl (C=O) groups is 1. The number of nitrogens with zero attached hydrogens (tertiary/aromatic N) is 2. The molecule has 88 valence electrons. The molecule has 1 unspecified atom stereocenters. The Kier molecular flexibility index (Phi) is 2.96. The number of H-pyrrole nitrogens is 1. The summed E-state index contributed by atoms with van der Waals surface area (Å²) in [6, 6.07) is 0. The Labute approximate surface area is 94.5 Å². The Balaban J connectivity index is 2.24. The molecule has 0 spiro atoms. The van der Waals surface area contributed by atoms with E-state index in [1.807, 2.05) is 13.8 Å². The molecule has 0 aromatic carbocycles. The standard InChI is InChI=1S/C11H17N3O2/c1-3-9-7(2)11(13-12-9)14-5-8(6-15)4-10(14)16/h8,15H,3-6H2,1-2H3,(H,12,13). The number of carbonyl (C=O) groups excluding carboxylic acids is 1. The number of aromatic nitrogens is 2. The number of hydrogen-bond acceptors (Lipinski definition) is 3. The number of anilines is 1. The molecule has 1 aliphatic rings. The average molecular weight is 223 g/mol. The number of aliphatic hydroxyl groups excluding tert-OH is 1. The summed E-state index contributed by atoms with van der Waals surface area (Å²) in [5.74, 6) is 0.822. The molecule has 1 atom stereocenters. The van der Waals surface area contributed by atoms with Gasteiger partial charge in [-0.05, 0) is 13.3 Å². The number of amides is 1. The van der Waals surface area contributed by atoms with Crippen LogP contribution in [-0.2, 0) is 11.2 Å². The van der Waals surface area contributed by atoms with E-state index in [1.54, 1.807) is 4.90 Å². The minimum atomic E-state index is 0.0497. The van der Waals surface area contributed by atoms with Gasteiger partial charge in [0.25, 0.3) is 0 Å². The number of aromatic amines is 1. The van der Waals surface area contributed by atoms with Gasteiger partial charge in [0.05, 0.1) is 0 Å². The van der Waals surface area contributed by atoms with Crippen LogP contribution in [0.3, 0.4) is 0 Å². The SMILES string of the molecule is CCc1[nH]nc(N2CC(CO)CC2=O)c1C. The van der Waals surface area contributed by atoms with Crippen LogP contribution in [0.2, 0.25) is 0 Å². The first-order chi connectivity index (χ1) is 7.67. The van der Waals surface area contributed by atoms with Crippen LogP contribution in [0.1, 0.15) is 24.6 Å². The zero-order chi connectivity index (χ0) is 11.7. The van der Waals surface area contributed by atoms with Crippen LogP contribution in [0.4, 0.5) is 5.82 Å². The molecule has 1 aromatic rings. The highest BCUT2D eigenvalue weighted by Gasteiger charge is 2.32. The second-order valence-corrected chi connectivity index (χ2v) is 4.26. The van der Waals surface area contributed by atoms with Crippen LogP contribution < -0.4 is 4.90 Å². The zero-order valence-electron chi connectivity index (χ0n) is 9.66. The molecule has 0 aliphatic carbocycles. The molecule has 2 rings (SSSR count). The quantitative estimate of drug-likeness (QED) is 0.789. The Morgan fingerprint density at radius 1 is 1.62 bits per heavy atom. The molecule has 0 saturated carbocycles. The van der Waals surface area contributed by atoms with Crippen LogP contribution in [0.5, 0.6) is 0 Å². The third kappa shape index (κ3) is 1.71. The predicted molar refractivity (Wildman–Crippen MR) is 60.2 cm³/mol. The Morgan fingerprint density at radius 3 is 2.88 bits per heavy atom. The summed E-state index contributed by atoms with van der Waals surface area (Å²) in [4.78, 5) is 13.4. The fourth-order valence-electron chi connectivity index (χ4n) is 2.14. The first kappa shape index (κ1) is 11.1. The summed E-state index contributed by atoms with van der Waals surface area (Å²) in [5, 5.41) is 16.2. The van der Waals surface area contributed by atoms with Crippen LogP contribution in [0, 0.1) is 12.8 Å².